The van der Waals surface area contributed by atoms with Crippen LogP contribution in [-0.4, -0.2) is 112 Å². The summed E-state index contributed by atoms with van der Waals surface area (Å²) in [5.41, 5.74) is 1.62. The van der Waals surface area contributed by atoms with Crippen LogP contribution in [0.2, 0.25) is 0 Å². The molecule has 3 unspecified atom stereocenters. The summed E-state index contributed by atoms with van der Waals surface area (Å²) in [6.07, 6.45) is 0.599. The lowest BCUT2D eigenvalue weighted by molar-refractivity contribution is -0.274. The highest BCUT2D eigenvalue weighted by Crippen LogP contribution is 2.37. The molecule has 2 aromatic carbocycles. The molecular weight excluding hydrogens is 808 g/mol. The van der Waals surface area contributed by atoms with Gasteiger partial charge >= 0.3 is 12.5 Å². The third kappa shape index (κ3) is 9.64. The summed E-state index contributed by atoms with van der Waals surface area (Å²) in [5.74, 6) is -0.265. The normalized spacial score (nSPS) is 20.9. The number of rotatable bonds is 11. The predicted molar refractivity (Wildman–Crippen MR) is 225 cm³/mol. The second-order valence-electron chi connectivity index (χ2n) is 16.6. The van der Waals surface area contributed by atoms with Crippen molar-refractivity contribution >= 4 is 35.3 Å². The number of ether oxygens (including phenoxy) is 2. The van der Waals surface area contributed by atoms with Gasteiger partial charge in [-0.2, -0.15) is 0 Å². The monoisotopic (exact) mass is 859 g/mol. The quantitative estimate of drug-likeness (QED) is 0.130. The van der Waals surface area contributed by atoms with Gasteiger partial charge in [0.2, 0.25) is 11.8 Å². The minimum absolute atomic E-state index is 0.000209. The van der Waals surface area contributed by atoms with Crippen LogP contribution in [0, 0.1) is 5.92 Å². The number of piperazine rings is 1. The van der Waals surface area contributed by atoms with Crippen LogP contribution in [0.5, 0.6) is 5.75 Å². The highest BCUT2D eigenvalue weighted by molar-refractivity contribution is 6.05. The van der Waals surface area contributed by atoms with E-state index in [2.05, 4.69) is 40.5 Å². The topological polar surface area (TPSA) is 174 Å². The van der Waals surface area contributed by atoms with Gasteiger partial charge in [-0.3, -0.25) is 14.4 Å². The van der Waals surface area contributed by atoms with E-state index in [1.54, 1.807) is 47.5 Å². The molecule has 2 aromatic heterocycles. The second kappa shape index (κ2) is 18.0. The number of H-pyrrole nitrogens is 1. The van der Waals surface area contributed by atoms with E-state index in [1.165, 1.54) is 25.4 Å². The number of alkyl carbamates (subject to hydrolysis) is 1. The van der Waals surface area contributed by atoms with Crippen LogP contribution in [0.25, 0.3) is 22.4 Å². The average Bonchev–Trinajstić information content (AvgIpc) is 4.04. The number of likely N-dealkylation sites (tertiary alicyclic amines) is 1. The van der Waals surface area contributed by atoms with Gasteiger partial charge < -0.3 is 45.1 Å². The zero-order chi connectivity index (χ0) is 44.3. The number of halogens is 3. The Hall–Kier alpha value is -6.17. The molecule has 7 rings (SSSR count). The number of amides is 4. The van der Waals surface area contributed by atoms with Gasteiger partial charge in [0.25, 0.3) is 5.91 Å². The number of nitrogens with zero attached hydrogens (tertiary/aromatic N) is 5. The molecule has 4 atom stereocenters. The van der Waals surface area contributed by atoms with Gasteiger partial charge in [0.15, 0.2) is 0 Å². The third-order valence-corrected chi connectivity index (χ3v) is 11.9. The molecule has 3 fully saturated rings. The third-order valence-electron chi connectivity index (χ3n) is 11.9. The van der Waals surface area contributed by atoms with Crippen LogP contribution in [0.15, 0.2) is 67.0 Å². The molecule has 3 aliphatic rings. The van der Waals surface area contributed by atoms with Crippen molar-refractivity contribution in [1.29, 1.82) is 0 Å². The predicted octanol–water partition coefficient (Wildman–Crippen LogP) is 6.51. The highest BCUT2D eigenvalue weighted by atomic mass is 19.4. The Morgan fingerprint density at radius 1 is 0.952 bits per heavy atom. The number of pyridine rings is 1. The summed E-state index contributed by atoms with van der Waals surface area (Å²) in [6.45, 7) is 10.7. The maximum Gasteiger partial charge on any atom is 0.573 e. The van der Waals surface area contributed by atoms with Crippen LogP contribution in [0.1, 0.15) is 75.6 Å². The summed E-state index contributed by atoms with van der Waals surface area (Å²) in [4.78, 5) is 70.2. The van der Waals surface area contributed by atoms with Crippen LogP contribution in [-0.2, 0) is 14.3 Å². The zero-order valence-electron chi connectivity index (χ0n) is 35.3. The molecule has 4 N–H and O–H groups in total. The molecule has 4 aromatic rings. The minimum atomic E-state index is -5.03. The Bertz CT molecular complexity index is 2260. The molecule has 5 heterocycles. The van der Waals surface area contributed by atoms with E-state index in [0.29, 0.717) is 66.8 Å². The van der Waals surface area contributed by atoms with E-state index in [9.17, 15) is 32.3 Å². The first-order valence-corrected chi connectivity index (χ1v) is 20.8. The molecule has 15 nitrogen and oxygen atoms in total. The number of carbonyl (C=O) groups is 4. The van der Waals surface area contributed by atoms with E-state index >= 15 is 0 Å². The average molecular weight is 860 g/mol. The van der Waals surface area contributed by atoms with Crippen LogP contribution in [0.4, 0.5) is 29.5 Å². The largest absolute Gasteiger partial charge is 0.573 e. The fourth-order valence-electron chi connectivity index (χ4n) is 8.53. The molecule has 3 aliphatic heterocycles. The summed E-state index contributed by atoms with van der Waals surface area (Å²) >= 11 is 0. The molecule has 0 bridgehead atoms. The van der Waals surface area contributed by atoms with E-state index in [0.717, 1.165) is 31.9 Å². The van der Waals surface area contributed by atoms with Crippen molar-refractivity contribution < 1.29 is 41.8 Å². The summed E-state index contributed by atoms with van der Waals surface area (Å²) < 4.78 is 50.3. The number of anilines is 2. The van der Waals surface area contributed by atoms with Crippen molar-refractivity contribution in [2.24, 2.45) is 5.92 Å². The van der Waals surface area contributed by atoms with Crippen molar-refractivity contribution in [2.75, 3.05) is 50.1 Å². The van der Waals surface area contributed by atoms with Crippen LogP contribution < -0.4 is 25.6 Å². The van der Waals surface area contributed by atoms with Gasteiger partial charge in [-0.15, -0.1) is 13.2 Å². The Morgan fingerprint density at radius 3 is 2.35 bits per heavy atom. The molecular formula is C44H52F3N9O6. The number of alkyl halides is 3. The van der Waals surface area contributed by atoms with Gasteiger partial charge in [-0.05, 0) is 93.5 Å². The minimum Gasteiger partial charge on any atom is -0.453 e. The number of nitrogens with one attached hydrogen (secondary N) is 4. The van der Waals surface area contributed by atoms with Crippen molar-refractivity contribution in [3.63, 3.8) is 0 Å². The van der Waals surface area contributed by atoms with E-state index < -0.39 is 35.7 Å². The lowest BCUT2D eigenvalue weighted by Crippen LogP contribution is -2.60. The maximum atomic E-state index is 13.7. The number of methoxy groups -OCH3 is 1. The Labute approximate surface area is 357 Å². The molecule has 330 valence electrons. The fourth-order valence-corrected chi connectivity index (χ4v) is 8.53. The summed E-state index contributed by atoms with van der Waals surface area (Å²) in [6, 6.07) is 12.9. The number of imidazole rings is 1. The lowest BCUT2D eigenvalue weighted by Gasteiger charge is -2.43. The Balaban J connectivity index is 1.01. The Kier molecular flexibility index (Phi) is 12.8. The molecule has 3 saturated heterocycles. The van der Waals surface area contributed by atoms with Gasteiger partial charge in [0, 0.05) is 43.3 Å². The summed E-state index contributed by atoms with van der Waals surface area (Å²) in [7, 11) is 1.24. The van der Waals surface area contributed by atoms with Gasteiger partial charge in [-0.1, -0.05) is 38.1 Å². The standard InChI is InChI=1S/C44H52F3N9O6/c1-26(2)37(53-42(60)61-5)40(58)56-19-6-8-34(56)38-49-24-33(52-38)29-11-9-28(10-12-29)32-15-13-30(22-35(32)62-44(45,46)47)39(57)51-31-14-16-36(48-23-31)55-21-20-54(25-27(55)3)41(59)43(4)17-7-18-50-43/h9-16,22-24,26-27,34,37,50H,6-8,17-21,25H2,1-5H3,(H,49,52)(H,51,57)(H,53,60)/t27?,34?,37-,43?/m0/s1. The first-order valence-electron chi connectivity index (χ1n) is 20.8. The molecule has 0 saturated carbocycles. The molecule has 62 heavy (non-hydrogen) atoms. The number of aromatic amines is 1. The van der Waals surface area contributed by atoms with Crippen molar-refractivity contribution in [3.8, 4) is 28.1 Å². The SMILES string of the molecule is COC(=O)N[C@H](C(=O)N1CCCC1c1ncc(-c2ccc(-c3ccc(C(=O)Nc4ccc(N5CCN(C(=O)C6(C)CCCN6)CC5C)nc4)cc3OC(F)(F)F)cc2)[nH]1)C(C)C. The van der Waals surface area contributed by atoms with Crippen LogP contribution >= 0.6 is 0 Å². The number of benzene rings is 2. The number of carbonyl (C=O) groups excluding carboxylic acids is 4. The van der Waals surface area contributed by atoms with Gasteiger partial charge in [0.1, 0.15) is 23.4 Å². The van der Waals surface area contributed by atoms with Crippen molar-refractivity contribution in [3.05, 3.63) is 78.4 Å². The Morgan fingerprint density at radius 2 is 1.71 bits per heavy atom. The highest BCUT2D eigenvalue weighted by Gasteiger charge is 2.41. The van der Waals surface area contributed by atoms with E-state index in [1.807, 2.05) is 32.6 Å². The van der Waals surface area contributed by atoms with Crippen molar-refractivity contribution in [1.82, 2.24) is 35.4 Å². The van der Waals surface area contributed by atoms with E-state index in [-0.39, 0.29) is 40.9 Å². The zero-order valence-corrected chi connectivity index (χ0v) is 35.3. The van der Waals surface area contributed by atoms with E-state index in [4.69, 9.17) is 4.74 Å². The molecule has 18 heteroatoms. The molecule has 4 amide bonds. The first kappa shape index (κ1) is 43.9. The molecule has 0 aliphatic carbocycles. The van der Waals surface area contributed by atoms with Gasteiger partial charge in [-0.25, -0.2) is 14.8 Å². The van der Waals surface area contributed by atoms with Crippen molar-refractivity contribution in [2.45, 2.75) is 83.4 Å². The number of hydrogen-bond acceptors (Lipinski definition) is 10. The number of aromatic nitrogens is 3. The molecule has 0 spiro atoms. The number of hydrogen-bond donors (Lipinski definition) is 4. The summed E-state index contributed by atoms with van der Waals surface area (Å²) in [5, 5.41) is 8.69. The van der Waals surface area contributed by atoms with Gasteiger partial charge in [0.05, 0.1) is 42.5 Å². The lowest BCUT2D eigenvalue weighted by atomic mass is 9.97. The smallest absolute Gasteiger partial charge is 0.453 e. The molecule has 0 radical (unpaired) electrons. The van der Waals surface area contributed by atoms with Crippen LogP contribution in [0.3, 0.4) is 0 Å². The fraction of sp³-hybridized carbons (Fsp3) is 0.455. The second-order valence-corrected chi connectivity index (χ2v) is 16.6. The first-order chi connectivity index (χ1) is 29.5. The maximum absolute atomic E-state index is 13.7.